The maximum Gasteiger partial charge on any atom is 0.413 e. The standard InChI is InChI=1S/C28H24BrClN4O5/c1-17(38-28(37)34-24-8-4-6-18-5-2-3-7-23(18)24)33-27(36)39-25(19-9-11-22(30)12-10-19)16-32-26(35)20-13-21(29)15-31-14-20/h2-15,17,25H,16H2,1H3,(H,32,35)(H,33,36)(H,34,37). The Morgan fingerprint density at radius 1 is 0.949 bits per heavy atom. The van der Waals surface area contributed by atoms with Crippen LogP contribution in [-0.4, -0.2) is 35.9 Å². The molecule has 4 aromatic rings. The van der Waals surface area contributed by atoms with Crippen LogP contribution in [0.15, 0.2) is 89.7 Å². The number of hydrogen-bond acceptors (Lipinski definition) is 6. The first-order chi connectivity index (χ1) is 18.8. The van der Waals surface area contributed by atoms with E-state index in [0.29, 0.717) is 26.3 Å². The number of alkyl carbamates (subject to hydrolysis) is 1. The summed E-state index contributed by atoms with van der Waals surface area (Å²) in [5.41, 5.74) is 1.51. The summed E-state index contributed by atoms with van der Waals surface area (Å²) in [6, 6.07) is 21.4. The van der Waals surface area contributed by atoms with Crippen molar-refractivity contribution in [1.82, 2.24) is 15.6 Å². The van der Waals surface area contributed by atoms with Crippen molar-refractivity contribution < 1.29 is 23.9 Å². The summed E-state index contributed by atoms with van der Waals surface area (Å²) in [5, 5.41) is 10.2. The molecule has 0 bridgehead atoms. The first-order valence-electron chi connectivity index (χ1n) is 11.9. The van der Waals surface area contributed by atoms with Crippen molar-refractivity contribution in [3.63, 3.8) is 0 Å². The minimum absolute atomic E-state index is 0.0306. The van der Waals surface area contributed by atoms with Gasteiger partial charge >= 0.3 is 12.2 Å². The van der Waals surface area contributed by atoms with Crippen LogP contribution in [-0.2, 0) is 9.47 Å². The van der Waals surface area contributed by atoms with Crippen LogP contribution in [0.5, 0.6) is 0 Å². The van der Waals surface area contributed by atoms with Gasteiger partial charge in [-0.1, -0.05) is 60.1 Å². The van der Waals surface area contributed by atoms with Gasteiger partial charge in [-0.3, -0.25) is 20.4 Å². The van der Waals surface area contributed by atoms with Crippen LogP contribution >= 0.6 is 27.5 Å². The fraction of sp³-hybridized carbons (Fsp3) is 0.143. The van der Waals surface area contributed by atoms with Crippen molar-refractivity contribution in [2.24, 2.45) is 0 Å². The van der Waals surface area contributed by atoms with Gasteiger partial charge in [-0.05, 0) is 58.1 Å². The van der Waals surface area contributed by atoms with E-state index in [-0.39, 0.29) is 6.54 Å². The number of ether oxygens (including phenoxy) is 2. The van der Waals surface area contributed by atoms with E-state index < -0.39 is 30.4 Å². The second-order valence-corrected chi connectivity index (χ2v) is 9.74. The molecule has 0 radical (unpaired) electrons. The monoisotopic (exact) mass is 610 g/mol. The number of aromatic nitrogens is 1. The predicted octanol–water partition coefficient (Wildman–Crippen LogP) is 6.44. The molecule has 1 heterocycles. The van der Waals surface area contributed by atoms with Gasteiger partial charge < -0.3 is 14.8 Å². The number of fused-ring (bicyclic) bond motifs is 1. The molecule has 11 heteroatoms. The minimum Gasteiger partial charge on any atom is -0.439 e. The molecule has 3 N–H and O–H groups in total. The number of pyridine rings is 1. The molecule has 200 valence electrons. The Balaban J connectivity index is 1.35. The average molecular weight is 612 g/mol. The number of halogens is 2. The van der Waals surface area contributed by atoms with Gasteiger partial charge in [-0.15, -0.1) is 0 Å². The predicted molar refractivity (Wildman–Crippen MR) is 152 cm³/mol. The molecule has 1 aromatic heterocycles. The van der Waals surface area contributed by atoms with Crippen LogP contribution in [0.1, 0.15) is 28.9 Å². The van der Waals surface area contributed by atoms with Gasteiger partial charge in [0.05, 0.1) is 17.8 Å². The molecule has 2 unspecified atom stereocenters. The van der Waals surface area contributed by atoms with E-state index in [1.807, 2.05) is 36.4 Å². The van der Waals surface area contributed by atoms with Crippen molar-refractivity contribution in [3.8, 4) is 0 Å². The zero-order valence-corrected chi connectivity index (χ0v) is 23.0. The SMILES string of the molecule is CC(NC(=O)OC(CNC(=O)c1cncc(Br)c1)c1ccc(Cl)cc1)OC(=O)Nc1cccc2ccccc12. The van der Waals surface area contributed by atoms with Gasteiger partial charge in [0, 0.05) is 27.3 Å². The summed E-state index contributed by atoms with van der Waals surface area (Å²) in [5.74, 6) is -0.395. The number of nitrogens with one attached hydrogen (secondary N) is 3. The van der Waals surface area contributed by atoms with Crippen LogP contribution in [0.2, 0.25) is 5.02 Å². The van der Waals surface area contributed by atoms with Crippen LogP contribution in [0.4, 0.5) is 15.3 Å². The minimum atomic E-state index is -1.01. The Hall–Kier alpha value is -4.15. The fourth-order valence-corrected chi connectivity index (χ4v) is 4.21. The van der Waals surface area contributed by atoms with Crippen molar-refractivity contribution in [2.45, 2.75) is 19.3 Å². The van der Waals surface area contributed by atoms with E-state index in [0.717, 1.165) is 10.8 Å². The smallest absolute Gasteiger partial charge is 0.413 e. The molecule has 0 saturated heterocycles. The van der Waals surface area contributed by atoms with Gasteiger partial charge in [0.25, 0.3) is 5.91 Å². The van der Waals surface area contributed by atoms with E-state index >= 15 is 0 Å². The van der Waals surface area contributed by atoms with E-state index in [2.05, 4.69) is 36.9 Å². The quantitative estimate of drug-likeness (QED) is 0.197. The second kappa shape index (κ2) is 13.1. The Morgan fingerprint density at radius 3 is 2.46 bits per heavy atom. The number of benzene rings is 3. The highest BCUT2D eigenvalue weighted by Crippen LogP contribution is 2.23. The van der Waals surface area contributed by atoms with Crippen molar-refractivity contribution in [2.75, 3.05) is 11.9 Å². The lowest BCUT2D eigenvalue weighted by atomic mass is 10.1. The fourth-order valence-electron chi connectivity index (χ4n) is 3.72. The Bertz CT molecular complexity index is 1480. The van der Waals surface area contributed by atoms with Crippen molar-refractivity contribution in [1.29, 1.82) is 0 Å². The van der Waals surface area contributed by atoms with Crippen LogP contribution < -0.4 is 16.0 Å². The lowest BCUT2D eigenvalue weighted by Gasteiger charge is -2.21. The van der Waals surface area contributed by atoms with E-state index in [9.17, 15) is 14.4 Å². The summed E-state index contributed by atoms with van der Waals surface area (Å²) < 4.78 is 11.5. The molecule has 0 saturated carbocycles. The number of carbonyl (C=O) groups excluding carboxylic acids is 3. The Morgan fingerprint density at radius 2 is 1.69 bits per heavy atom. The molecular formula is C28H24BrClN4O5. The van der Waals surface area contributed by atoms with Crippen molar-refractivity contribution >= 4 is 62.1 Å². The van der Waals surface area contributed by atoms with Gasteiger partial charge in [0.15, 0.2) is 6.23 Å². The summed E-state index contributed by atoms with van der Waals surface area (Å²) in [4.78, 5) is 41.7. The zero-order valence-electron chi connectivity index (χ0n) is 20.7. The molecule has 0 spiro atoms. The first kappa shape index (κ1) is 27.9. The second-order valence-electron chi connectivity index (χ2n) is 8.39. The number of amides is 3. The van der Waals surface area contributed by atoms with Crippen LogP contribution in [0.3, 0.4) is 0 Å². The van der Waals surface area contributed by atoms with Gasteiger partial charge in [-0.25, -0.2) is 9.59 Å². The van der Waals surface area contributed by atoms with E-state index in [1.165, 1.54) is 13.1 Å². The number of carbonyl (C=O) groups is 3. The molecule has 3 amide bonds. The summed E-state index contributed by atoms with van der Waals surface area (Å²) in [6.45, 7) is 1.46. The third-order valence-electron chi connectivity index (χ3n) is 5.54. The molecule has 0 aliphatic rings. The molecule has 3 aromatic carbocycles. The molecule has 2 atom stereocenters. The molecule has 39 heavy (non-hydrogen) atoms. The topological polar surface area (TPSA) is 119 Å². The van der Waals surface area contributed by atoms with Gasteiger partial charge in [0.1, 0.15) is 6.10 Å². The Labute approximate surface area is 238 Å². The van der Waals surface area contributed by atoms with E-state index in [1.54, 1.807) is 42.6 Å². The molecule has 0 fully saturated rings. The zero-order chi connectivity index (χ0) is 27.8. The maximum atomic E-state index is 12.7. The van der Waals surface area contributed by atoms with Crippen LogP contribution in [0, 0.1) is 0 Å². The number of hydrogen-bond donors (Lipinski definition) is 3. The van der Waals surface area contributed by atoms with Crippen LogP contribution in [0.25, 0.3) is 10.8 Å². The number of nitrogens with zero attached hydrogens (tertiary/aromatic N) is 1. The van der Waals surface area contributed by atoms with Crippen molar-refractivity contribution in [3.05, 3.63) is 106 Å². The summed E-state index contributed by atoms with van der Waals surface area (Å²) in [6.07, 6.45) is -0.481. The van der Waals surface area contributed by atoms with Gasteiger partial charge in [0.2, 0.25) is 0 Å². The highest BCUT2D eigenvalue weighted by atomic mass is 79.9. The highest BCUT2D eigenvalue weighted by molar-refractivity contribution is 9.10. The van der Waals surface area contributed by atoms with Gasteiger partial charge in [-0.2, -0.15) is 0 Å². The summed E-state index contributed by atoms with van der Waals surface area (Å²) in [7, 11) is 0. The molecular weight excluding hydrogens is 588 g/mol. The highest BCUT2D eigenvalue weighted by Gasteiger charge is 2.21. The normalized spacial score (nSPS) is 12.2. The Kier molecular flexibility index (Phi) is 9.35. The van der Waals surface area contributed by atoms with E-state index in [4.69, 9.17) is 21.1 Å². The molecule has 0 aliphatic heterocycles. The first-order valence-corrected chi connectivity index (χ1v) is 13.0. The third kappa shape index (κ3) is 7.92. The lowest BCUT2D eigenvalue weighted by Crippen LogP contribution is -2.39. The molecule has 0 aliphatic carbocycles. The lowest BCUT2D eigenvalue weighted by molar-refractivity contribution is 0.0619. The largest absolute Gasteiger partial charge is 0.439 e. The number of rotatable bonds is 8. The number of anilines is 1. The molecule has 4 rings (SSSR count). The average Bonchev–Trinajstić information content (AvgIpc) is 2.91. The summed E-state index contributed by atoms with van der Waals surface area (Å²) >= 11 is 9.28. The third-order valence-corrected chi connectivity index (χ3v) is 6.22. The maximum absolute atomic E-state index is 12.7. The molecule has 9 nitrogen and oxygen atoms in total.